The van der Waals surface area contributed by atoms with Crippen molar-refractivity contribution in [3.05, 3.63) is 82.2 Å². The van der Waals surface area contributed by atoms with E-state index in [2.05, 4.69) is 15.3 Å². The Morgan fingerprint density at radius 3 is 2.73 bits per heavy atom. The largest absolute Gasteiger partial charge is 0.475 e. The molecule has 0 aliphatic carbocycles. The number of aromatic nitrogens is 3. The Balaban J connectivity index is 1.59. The van der Waals surface area contributed by atoms with Crippen molar-refractivity contribution in [3.8, 4) is 11.6 Å². The lowest BCUT2D eigenvalue weighted by molar-refractivity contribution is -0.114. The molecule has 1 fully saturated rings. The Bertz CT molecular complexity index is 1670. The fraction of sp³-hybridized carbons (Fsp3) is 0.300. The van der Waals surface area contributed by atoms with Crippen LogP contribution in [0, 0.1) is 12.7 Å². The average molecular weight is 560 g/mol. The number of carbonyl (C=O) groups excluding carboxylic acids is 2. The SMILES string of the molecule is CCOC(=O)c1cn(-c2ccc(NC(C)=O)nc2)c2cc(N3CCC[C@@H]3COc3ncccc3C)c(F)cc2c1=O. The fourth-order valence-electron chi connectivity index (χ4n) is 5.03. The Labute approximate surface area is 235 Å². The standard InChI is InChI=1S/C30H30FN5O5/c1-4-40-30(39)23-16-36(20-9-10-27(33-15-20)34-19(3)37)25-14-26(24(31)13-22(25)28(23)38)35-12-6-8-21(35)17-41-29-18(2)7-5-11-32-29/h5,7,9-11,13-16,21H,4,6,8,12,17H2,1-3H3,(H,33,34,37)/t21-/m1/s1. The molecular formula is C30H30FN5O5. The number of amides is 1. The molecular weight excluding hydrogens is 529 g/mol. The molecule has 41 heavy (non-hydrogen) atoms. The average Bonchev–Trinajstić information content (AvgIpc) is 3.41. The van der Waals surface area contributed by atoms with Gasteiger partial charge in [0.2, 0.25) is 17.2 Å². The third-order valence-electron chi connectivity index (χ3n) is 6.96. The van der Waals surface area contributed by atoms with E-state index >= 15 is 4.39 Å². The number of fused-ring (bicyclic) bond motifs is 1. The van der Waals surface area contributed by atoms with Crippen molar-refractivity contribution in [3.63, 3.8) is 0 Å². The molecule has 5 rings (SSSR count). The summed E-state index contributed by atoms with van der Waals surface area (Å²) in [6.45, 7) is 5.93. The molecule has 1 aliphatic heterocycles. The normalized spacial score (nSPS) is 14.7. The first-order chi connectivity index (χ1) is 19.8. The number of benzene rings is 1. The van der Waals surface area contributed by atoms with Gasteiger partial charge in [0.05, 0.1) is 35.7 Å². The molecule has 0 unspecified atom stereocenters. The second-order valence-electron chi connectivity index (χ2n) is 9.79. The lowest BCUT2D eigenvalue weighted by Crippen LogP contribution is -2.35. The van der Waals surface area contributed by atoms with Crippen molar-refractivity contribution < 1.29 is 23.5 Å². The number of halogens is 1. The number of esters is 1. The van der Waals surface area contributed by atoms with E-state index in [9.17, 15) is 14.4 Å². The van der Waals surface area contributed by atoms with Gasteiger partial charge in [-0.3, -0.25) is 9.59 Å². The highest BCUT2D eigenvalue weighted by atomic mass is 19.1. The number of hydrogen-bond donors (Lipinski definition) is 1. The maximum absolute atomic E-state index is 15.7. The quantitative estimate of drug-likeness (QED) is 0.316. The van der Waals surface area contributed by atoms with Crippen LogP contribution in [-0.4, -0.2) is 52.2 Å². The predicted molar refractivity (Wildman–Crippen MR) is 152 cm³/mol. The number of ether oxygens (including phenoxy) is 2. The highest BCUT2D eigenvalue weighted by molar-refractivity contribution is 5.95. The number of aryl methyl sites for hydroxylation is 1. The number of nitrogens with zero attached hydrogens (tertiary/aromatic N) is 4. The third kappa shape index (κ3) is 5.74. The number of nitrogens with one attached hydrogen (secondary N) is 1. The molecule has 4 aromatic rings. The summed E-state index contributed by atoms with van der Waals surface area (Å²) >= 11 is 0. The molecule has 0 spiro atoms. The maximum Gasteiger partial charge on any atom is 0.343 e. The lowest BCUT2D eigenvalue weighted by atomic mass is 10.1. The molecule has 1 saturated heterocycles. The van der Waals surface area contributed by atoms with Gasteiger partial charge in [-0.1, -0.05) is 6.07 Å². The maximum atomic E-state index is 15.7. The Kier molecular flexibility index (Phi) is 7.95. The number of carbonyl (C=O) groups is 2. The van der Waals surface area contributed by atoms with Gasteiger partial charge in [0.15, 0.2) is 0 Å². The van der Waals surface area contributed by atoms with Crippen LogP contribution in [0.25, 0.3) is 16.6 Å². The second kappa shape index (κ2) is 11.7. The van der Waals surface area contributed by atoms with Crippen molar-refractivity contribution in [2.24, 2.45) is 0 Å². The molecule has 11 heteroatoms. The van der Waals surface area contributed by atoms with Crippen molar-refractivity contribution in [1.29, 1.82) is 0 Å². The first-order valence-corrected chi connectivity index (χ1v) is 13.4. The molecule has 0 saturated carbocycles. The molecule has 1 amide bonds. The van der Waals surface area contributed by atoms with Gasteiger partial charge in [0, 0.05) is 36.8 Å². The number of rotatable bonds is 8. The zero-order valence-electron chi connectivity index (χ0n) is 23.0. The van der Waals surface area contributed by atoms with Crippen molar-refractivity contribution in [2.45, 2.75) is 39.7 Å². The number of anilines is 2. The van der Waals surface area contributed by atoms with Crippen LogP contribution in [0.1, 0.15) is 42.6 Å². The van der Waals surface area contributed by atoms with Crippen LogP contribution in [-0.2, 0) is 9.53 Å². The molecule has 1 aromatic carbocycles. The van der Waals surface area contributed by atoms with Crippen LogP contribution < -0.4 is 20.4 Å². The molecule has 1 atom stereocenters. The molecule has 0 bridgehead atoms. The number of pyridine rings is 3. The highest BCUT2D eigenvalue weighted by Crippen LogP contribution is 2.32. The zero-order chi connectivity index (χ0) is 29.1. The van der Waals surface area contributed by atoms with Crippen LogP contribution in [0.3, 0.4) is 0 Å². The summed E-state index contributed by atoms with van der Waals surface area (Å²) in [7, 11) is 0. The van der Waals surface area contributed by atoms with Crippen LogP contribution in [0.15, 0.2) is 59.8 Å². The smallest absolute Gasteiger partial charge is 0.343 e. The van der Waals surface area contributed by atoms with Gasteiger partial charge in [0.1, 0.15) is 23.8 Å². The summed E-state index contributed by atoms with van der Waals surface area (Å²) in [6, 6.07) is 9.71. The summed E-state index contributed by atoms with van der Waals surface area (Å²) in [4.78, 5) is 48.0. The molecule has 1 N–H and O–H groups in total. The summed E-state index contributed by atoms with van der Waals surface area (Å²) in [5.74, 6) is -0.781. The molecule has 10 nitrogen and oxygen atoms in total. The Morgan fingerprint density at radius 1 is 1.20 bits per heavy atom. The van der Waals surface area contributed by atoms with Crippen LogP contribution in [0.5, 0.6) is 5.88 Å². The van der Waals surface area contributed by atoms with Gasteiger partial charge in [-0.2, -0.15) is 0 Å². The summed E-state index contributed by atoms with van der Waals surface area (Å²) in [5, 5.41) is 2.63. The van der Waals surface area contributed by atoms with E-state index in [-0.39, 0.29) is 29.5 Å². The minimum absolute atomic E-state index is 0.0267. The Hall–Kier alpha value is -4.80. The van der Waals surface area contributed by atoms with Gasteiger partial charge in [-0.25, -0.2) is 19.2 Å². The van der Waals surface area contributed by atoms with E-state index in [4.69, 9.17) is 9.47 Å². The fourth-order valence-corrected chi connectivity index (χ4v) is 5.03. The predicted octanol–water partition coefficient (Wildman–Crippen LogP) is 4.41. The van der Waals surface area contributed by atoms with Crippen LogP contribution >= 0.6 is 0 Å². The van der Waals surface area contributed by atoms with Crippen molar-refractivity contribution >= 4 is 34.3 Å². The Morgan fingerprint density at radius 2 is 2.02 bits per heavy atom. The minimum Gasteiger partial charge on any atom is -0.475 e. The molecule has 3 aromatic heterocycles. The third-order valence-corrected chi connectivity index (χ3v) is 6.96. The minimum atomic E-state index is -0.804. The van der Waals surface area contributed by atoms with Crippen LogP contribution in [0.2, 0.25) is 0 Å². The molecule has 212 valence electrons. The van der Waals surface area contributed by atoms with E-state index < -0.39 is 17.2 Å². The summed E-state index contributed by atoms with van der Waals surface area (Å²) in [6.07, 6.45) is 6.18. The van der Waals surface area contributed by atoms with Crippen molar-refractivity contribution in [2.75, 3.05) is 30.0 Å². The molecule has 0 radical (unpaired) electrons. The molecule has 1 aliphatic rings. The van der Waals surface area contributed by atoms with Crippen molar-refractivity contribution in [1.82, 2.24) is 14.5 Å². The van der Waals surface area contributed by atoms with Gasteiger partial charge in [-0.05, 0) is 57.0 Å². The number of hydrogen-bond acceptors (Lipinski definition) is 8. The molecule has 4 heterocycles. The van der Waals surface area contributed by atoms with Gasteiger partial charge in [-0.15, -0.1) is 0 Å². The highest BCUT2D eigenvalue weighted by Gasteiger charge is 2.29. The van der Waals surface area contributed by atoms with Gasteiger partial charge >= 0.3 is 5.97 Å². The van der Waals surface area contributed by atoms with E-state index in [1.807, 2.05) is 24.0 Å². The topological polar surface area (TPSA) is 116 Å². The van der Waals surface area contributed by atoms with Gasteiger partial charge < -0.3 is 24.3 Å². The summed E-state index contributed by atoms with van der Waals surface area (Å²) in [5.41, 5.74) is 1.26. The van der Waals surface area contributed by atoms with E-state index in [1.54, 1.807) is 35.9 Å². The monoisotopic (exact) mass is 559 g/mol. The van der Waals surface area contributed by atoms with Crippen LogP contribution in [0.4, 0.5) is 15.9 Å². The first kappa shape index (κ1) is 27.8. The summed E-state index contributed by atoms with van der Waals surface area (Å²) < 4.78 is 28.4. The van der Waals surface area contributed by atoms with E-state index in [1.165, 1.54) is 25.4 Å². The lowest BCUT2D eigenvalue weighted by Gasteiger charge is -2.28. The zero-order valence-corrected chi connectivity index (χ0v) is 23.0. The van der Waals surface area contributed by atoms with E-state index in [0.717, 1.165) is 18.4 Å². The first-order valence-electron chi connectivity index (χ1n) is 13.4. The second-order valence-corrected chi connectivity index (χ2v) is 9.79. The van der Waals surface area contributed by atoms with Gasteiger partial charge in [0.25, 0.3) is 0 Å². The van der Waals surface area contributed by atoms with E-state index in [0.29, 0.717) is 41.7 Å².